The Morgan fingerprint density at radius 2 is 2.19 bits per heavy atom. The number of rotatable bonds is 8. The third kappa shape index (κ3) is 4.82. The lowest BCUT2D eigenvalue weighted by Crippen LogP contribution is -2.37. The second kappa shape index (κ2) is 8.36. The van der Waals surface area contributed by atoms with E-state index in [1.165, 1.54) is 13.2 Å². The van der Waals surface area contributed by atoms with E-state index in [-0.39, 0.29) is 17.7 Å². The van der Waals surface area contributed by atoms with E-state index in [2.05, 4.69) is 12.2 Å². The van der Waals surface area contributed by atoms with Crippen molar-refractivity contribution in [3.8, 4) is 0 Å². The summed E-state index contributed by atoms with van der Waals surface area (Å²) in [5.74, 6) is -0.300. The van der Waals surface area contributed by atoms with Crippen LogP contribution in [0.3, 0.4) is 0 Å². The van der Waals surface area contributed by atoms with Gasteiger partial charge in [-0.05, 0) is 18.9 Å². The molecule has 21 heavy (non-hydrogen) atoms. The van der Waals surface area contributed by atoms with Gasteiger partial charge in [0.2, 0.25) is 0 Å². The summed E-state index contributed by atoms with van der Waals surface area (Å²) in [7, 11) is 1.36. The fraction of sp³-hybridized carbons (Fsp3) is 0.533. The zero-order valence-electron chi connectivity index (χ0n) is 12.7. The predicted molar refractivity (Wildman–Crippen MR) is 80.0 cm³/mol. The van der Waals surface area contributed by atoms with Crippen molar-refractivity contribution in [2.75, 3.05) is 7.11 Å². The Balaban J connectivity index is 2.78. The van der Waals surface area contributed by atoms with Gasteiger partial charge in [0.15, 0.2) is 0 Å². The number of nitro groups is 1. The number of unbranched alkanes of at least 4 members (excludes halogenated alkanes) is 1. The van der Waals surface area contributed by atoms with E-state index in [1.807, 2.05) is 6.07 Å². The molecule has 0 aliphatic rings. The maximum atomic E-state index is 11.7. The Kier molecular flexibility index (Phi) is 6.81. The van der Waals surface area contributed by atoms with Gasteiger partial charge in [-0.15, -0.1) is 0 Å². The SMILES string of the molecule is CCCCC(NCc1cccc([N+](=O)[O-])c1C)C(=O)OC. The van der Waals surface area contributed by atoms with E-state index in [4.69, 9.17) is 4.74 Å². The summed E-state index contributed by atoms with van der Waals surface area (Å²) >= 11 is 0. The quantitative estimate of drug-likeness (QED) is 0.453. The Bertz CT molecular complexity index is 502. The number of hydrogen-bond acceptors (Lipinski definition) is 5. The molecule has 0 fully saturated rings. The number of nitro benzene ring substituents is 1. The summed E-state index contributed by atoms with van der Waals surface area (Å²) in [6, 6.07) is 4.58. The molecule has 0 bridgehead atoms. The van der Waals surface area contributed by atoms with Gasteiger partial charge in [0, 0.05) is 18.2 Å². The highest BCUT2D eigenvalue weighted by Gasteiger charge is 2.19. The van der Waals surface area contributed by atoms with Crippen molar-refractivity contribution in [1.82, 2.24) is 5.32 Å². The molecule has 6 heteroatoms. The number of methoxy groups -OCH3 is 1. The maximum Gasteiger partial charge on any atom is 0.322 e. The normalized spacial score (nSPS) is 12.0. The van der Waals surface area contributed by atoms with Crippen molar-refractivity contribution in [3.63, 3.8) is 0 Å². The molecule has 0 radical (unpaired) electrons. The first-order valence-electron chi connectivity index (χ1n) is 7.05. The highest BCUT2D eigenvalue weighted by atomic mass is 16.6. The number of benzene rings is 1. The van der Waals surface area contributed by atoms with E-state index in [0.29, 0.717) is 18.5 Å². The van der Waals surface area contributed by atoms with E-state index in [1.54, 1.807) is 13.0 Å². The van der Waals surface area contributed by atoms with Crippen molar-refractivity contribution < 1.29 is 14.5 Å². The highest BCUT2D eigenvalue weighted by Crippen LogP contribution is 2.21. The predicted octanol–water partition coefficient (Wildman–Crippen LogP) is 2.72. The van der Waals surface area contributed by atoms with E-state index < -0.39 is 4.92 Å². The van der Waals surface area contributed by atoms with Gasteiger partial charge in [0.25, 0.3) is 5.69 Å². The maximum absolute atomic E-state index is 11.7. The van der Waals surface area contributed by atoms with E-state index >= 15 is 0 Å². The van der Waals surface area contributed by atoms with Crippen molar-refractivity contribution in [1.29, 1.82) is 0 Å². The first-order valence-corrected chi connectivity index (χ1v) is 7.05. The molecular weight excluding hydrogens is 272 g/mol. The zero-order valence-corrected chi connectivity index (χ0v) is 12.7. The second-order valence-corrected chi connectivity index (χ2v) is 4.92. The molecule has 0 aliphatic heterocycles. The Hall–Kier alpha value is -1.95. The van der Waals surface area contributed by atoms with Gasteiger partial charge >= 0.3 is 5.97 Å². The van der Waals surface area contributed by atoms with Crippen molar-refractivity contribution in [2.24, 2.45) is 0 Å². The van der Waals surface area contributed by atoms with Crippen LogP contribution in [0.2, 0.25) is 0 Å². The van der Waals surface area contributed by atoms with Gasteiger partial charge in [-0.1, -0.05) is 31.9 Å². The topological polar surface area (TPSA) is 81.5 Å². The van der Waals surface area contributed by atoms with Gasteiger partial charge in [-0.25, -0.2) is 0 Å². The Morgan fingerprint density at radius 1 is 1.48 bits per heavy atom. The molecule has 1 atom stereocenters. The molecule has 0 spiro atoms. The molecule has 1 N–H and O–H groups in total. The number of ether oxygens (including phenoxy) is 1. The molecule has 0 heterocycles. The third-order valence-electron chi connectivity index (χ3n) is 3.49. The van der Waals surface area contributed by atoms with Crippen LogP contribution in [0.25, 0.3) is 0 Å². The van der Waals surface area contributed by atoms with Gasteiger partial charge in [-0.3, -0.25) is 14.9 Å². The smallest absolute Gasteiger partial charge is 0.322 e. The summed E-state index contributed by atoms with van der Waals surface area (Å²) in [5.41, 5.74) is 1.53. The molecule has 6 nitrogen and oxygen atoms in total. The van der Waals surface area contributed by atoms with Crippen molar-refractivity contribution in [2.45, 2.75) is 45.7 Å². The lowest BCUT2D eigenvalue weighted by atomic mass is 10.1. The molecule has 1 unspecified atom stereocenters. The van der Waals surface area contributed by atoms with E-state index in [0.717, 1.165) is 18.4 Å². The van der Waals surface area contributed by atoms with Gasteiger partial charge in [0.05, 0.1) is 12.0 Å². The Labute approximate surface area is 124 Å². The Morgan fingerprint density at radius 3 is 2.76 bits per heavy atom. The van der Waals surface area contributed by atoms with Crippen LogP contribution in [-0.2, 0) is 16.1 Å². The number of carbonyl (C=O) groups excluding carboxylic acids is 1. The minimum Gasteiger partial charge on any atom is -0.468 e. The number of nitrogens with one attached hydrogen (secondary N) is 1. The van der Waals surface area contributed by atoms with Crippen LogP contribution < -0.4 is 5.32 Å². The standard InChI is InChI=1S/C15H22N2O4/c1-4-5-8-13(15(18)21-3)16-10-12-7-6-9-14(11(12)2)17(19)20/h6-7,9,13,16H,4-5,8,10H2,1-3H3. The number of hydrogen-bond donors (Lipinski definition) is 1. The first-order chi connectivity index (χ1) is 10.0. The number of carbonyl (C=O) groups is 1. The molecular formula is C15H22N2O4. The third-order valence-corrected chi connectivity index (χ3v) is 3.49. The van der Waals surface area contributed by atoms with Gasteiger partial charge in [-0.2, -0.15) is 0 Å². The average Bonchev–Trinajstić information content (AvgIpc) is 2.47. The van der Waals surface area contributed by atoms with E-state index in [9.17, 15) is 14.9 Å². The summed E-state index contributed by atoms with van der Waals surface area (Å²) < 4.78 is 4.78. The first kappa shape index (κ1) is 17.1. The molecule has 0 aliphatic carbocycles. The number of esters is 1. The van der Waals surface area contributed by atoms with Gasteiger partial charge < -0.3 is 10.1 Å². The van der Waals surface area contributed by atoms with Crippen LogP contribution in [-0.4, -0.2) is 24.0 Å². The molecule has 1 aromatic carbocycles. The summed E-state index contributed by atoms with van der Waals surface area (Å²) in [4.78, 5) is 22.2. The molecule has 0 saturated carbocycles. The molecule has 0 saturated heterocycles. The van der Waals surface area contributed by atoms with Crippen LogP contribution in [0.5, 0.6) is 0 Å². The van der Waals surface area contributed by atoms with Crippen LogP contribution in [0, 0.1) is 17.0 Å². The second-order valence-electron chi connectivity index (χ2n) is 4.92. The highest BCUT2D eigenvalue weighted by molar-refractivity contribution is 5.75. The molecule has 116 valence electrons. The lowest BCUT2D eigenvalue weighted by molar-refractivity contribution is -0.385. The molecule has 1 rings (SSSR count). The van der Waals surface area contributed by atoms with Crippen LogP contribution >= 0.6 is 0 Å². The summed E-state index contributed by atoms with van der Waals surface area (Å²) in [6.45, 7) is 4.17. The minimum absolute atomic E-state index is 0.0949. The average molecular weight is 294 g/mol. The fourth-order valence-corrected chi connectivity index (χ4v) is 2.15. The van der Waals surface area contributed by atoms with Crippen LogP contribution in [0.4, 0.5) is 5.69 Å². The minimum atomic E-state index is -0.395. The number of nitrogens with zero attached hydrogens (tertiary/aromatic N) is 1. The van der Waals surface area contributed by atoms with Crippen LogP contribution in [0.1, 0.15) is 37.3 Å². The van der Waals surface area contributed by atoms with Crippen LogP contribution in [0.15, 0.2) is 18.2 Å². The largest absolute Gasteiger partial charge is 0.468 e. The zero-order chi connectivity index (χ0) is 15.8. The lowest BCUT2D eigenvalue weighted by Gasteiger charge is -2.17. The molecule has 0 aromatic heterocycles. The summed E-state index contributed by atoms with van der Waals surface area (Å²) in [5, 5.41) is 14.1. The monoisotopic (exact) mass is 294 g/mol. The fourth-order valence-electron chi connectivity index (χ4n) is 2.15. The van der Waals surface area contributed by atoms with Crippen molar-refractivity contribution >= 4 is 11.7 Å². The van der Waals surface area contributed by atoms with Gasteiger partial charge in [0.1, 0.15) is 6.04 Å². The molecule has 1 aromatic rings. The summed E-state index contributed by atoms with van der Waals surface area (Å²) in [6.07, 6.45) is 2.60. The molecule has 0 amide bonds. The van der Waals surface area contributed by atoms with Crippen molar-refractivity contribution in [3.05, 3.63) is 39.4 Å².